The highest BCUT2D eigenvalue weighted by Gasteiger charge is 2.18. The first-order valence-corrected chi connectivity index (χ1v) is 9.09. The Morgan fingerprint density at radius 2 is 1.83 bits per heavy atom. The standard InChI is InChI=1S/C19H18N4O5S/c1-25-13-4-3-10(7-14(13)26-2)20-19(29)23-22-17-11-8-15-16(28-6-5-27-15)9-12(11)21-18(17)24/h3-4,7-9,21,24H,5-6H2,1-2H3,(H,20,29). The van der Waals surface area contributed by atoms with Crippen LogP contribution in [-0.2, 0) is 0 Å². The number of fused-ring (bicyclic) bond motifs is 2. The summed E-state index contributed by atoms with van der Waals surface area (Å²) >= 11 is 5.23. The van der Waals surface area contributed by atoms with Gasteiger partial charge in [-0.15, -0.1) is 10.2 Å². The quantitative estimate of drug-likeness (QED) is 0.435. The lowest BCUT2D eigenvalue weighted by molar-refractivity contribution is 0.172. The van der Waals surface area contributed by atoms with E-state index in [1.54, 1.807) is 44.6 Å². The molecule has 0 unspecified atom stereocenters. The van der Waals surface area contributed by atoms with Gasteiger partial charge < -0.3 is 34.4 Å². The monoisotopic (exact) mass is 414 g/mol. The minimum Gasteiger partial charge on any atom is -0.493 e. The largest absolute Gasteiger partial charge is 0.493 e. The highest BCUT2D eigenvalue weighted by molar-refractivity contribution is 7.80. The maximum atomic E-state index is 10.2. The van der Waals surface area contributed by atoms with Crippen molar-refractivity contribution in [1.82, 2.24) is 4.98 Å². The van der Waals surface area contributed by atoms with Crippen molar-refractivity contribution in [2.24, 2.45) is 10.2 Å². The van der Waals surface area contributed by atoms with Crippen LogP contribution in [0.5, 0.6) is 28.9 Å². The molecule has 0 amide bonds. The average Bonchev–Trinajstić information content (AvgIpc) is 3.04. The number of H-pyrrole nitrogens is 1. The highest BCUT2D eigenvalue weighted by atomic mass is 32.1. The van der Waals surface area contributed by atoms with Crippen LogP contribution < -0.4 is 24.3 Å². The molecule has 2 aromatic carbocycles. The SMILES string of the molecule is COc1ccc(NC(=S)N=Nc2c(O)[nH]c3cc4c(cc23)OCCO4)cc1OC. The summed E-state index contributed by atoms with van der Waals surface area (Å²) in [6, 6.07) is 8.75. The zero-order chi connectivity index (χ0) is 20.4. The Balaban J connectivity index is 1.56. The summed E-state index contributed by atoms with van der Waals surface area (Å²) in [6.45, 7) is 0.943. The number of benzene rings is 2. The first kappa shape index (κ1) is 18.8. The second kappa shape index (κ2) is 7.84. The third-order valence-corrected chi connectivity index (χ3v) is 4.47. The summed E-state index contributed by atoms with van der Waals surface area (Å²) in [7, 11) is 3.11. The first-order chi connectivity index (χ1) is 14.1. The number of nitrogens with one attached hydrogen (secondary N) is 2. The third kappa shape index (κ3) is 3.74. The molecule has 3 aromatic rings. The molecule has 3 N–H and O–H groups in total. The first-order valence-electron chi connectivity index (χ1n) is 8.68. The summed E-state index contributed by atoms with van der Waals surface area (Å²) < 4.78 is 21.6. The number of aromatic hydroxyl groups is 1. The third-order valence-electron chi connectivity index (χ3n) is 4.29. The minimum atomic E-state index is -0.125. The lowest BCUT2D eigenvalue weighted by atomic mass is 10.2. The van der Waals surface area contributed by atoms with Crippen LogP contribution in [-0.4, -0.2) is 42.6 Å². The van der Waals surface area contributed by atoms with Crippen molar-refractivity contribution in [3.8, 4) is 28.9 Å². The Morgan fingerprint density at radius 1 is 1.10 bits per heavy atom. The lowest BCUT2D eigenvalue weighted by Crippen LogP contribution is -2.15. The van der Waals surface area contributed by atoms with Crippen LogP contribution in [0.3, 0.4) is 0 Å². The van der Waals surface area contributed by atoms with E-state index in [2.05, 4.69) is 20.5 Å². The molecule has 0 atom stereocenters. The molecule has 1 aliphatic heterocycles. The molecular weight excluding hydrogens is 396 g/mol. The number of ether oxygens (including phenoxy) is 4. The summed E-state index contributed by atoms with van der Waals surface area (Å²) in [5, 5.41) is 22.0. The van der Waals surface area contributed by atoms with E-state index >= 15 is 0 Å². The highest BCUT2D eigenvalue weighted by Crippen LogP contribution is 2.42. The van der Waals surface area contributed by atoms with Crippen LogP contribution in [0.25, 0.3) is 10.9 Å². The van der Waals surface area contributed by atoms with Crippen molar-refractivity contribution in [3.05, 3.63) is 30.3 Å². The van der Waals surface area contributed by atoms with Gasteiger partial charge in [0.2, 0.25) is 11.0 Å². The van der Waals surface area contributed by atoms with E-state index in [1.807, 2.05) is 0 Å². The van der Waals surface area contributed by atoms with Gasteiger partial charge in [-0.25, -0.2) is 0 Å². The second-order valence-electron chi connectivity index (χ2n) is 6.06. The van der Waals surface area contributed by atoms with Crippen molar-refractivity contribution in [3.63, 3.8) is 0 Å². The number of nitrogens with zero attached hydrogens (tertiary/aromatic N) is 2. The van der Waals surface area contributed by atoms with Gasteiger partial charge >= 0.3 is 0 Å². The van der Waals surface area contributed by atoms with Crippen molar-refractivity contribution < 1.29 is 24.1 Å². The number of azo groups is 1. The minimum absolute atomic E-state index is 0.114. The number of hydrogen-bond acceptors (Lipinski definition) is 7. The molecule has 0 fully saturated rings. The smallest absolute Gasteiger partial charge is 0.218 e. The summed E-state index contributed by atoms with van der Waals surface area (Å²) in [6.07, 6.45) is 0. The van der Waals surface area contributed by atoms with Crippen LogP contribution in [0.15, 0.2) is 40.6 Å². The van der Waals surface area contributed by atoms with E-state index in [1.165, 1.54) is 0 Å². The molecular formula is C19H18N4O5S. The molecule has 0 bridgehead atoms. The predicted molar refractivity (Wildman–Crippen MR) is 111 cm³/mol. The molecule has 2 heterocycles. The number of hydrogen-bond donors (Lipinski definition) is 3. The molecule has 10 heteroatoms. The van der Waals surface area contributed by atoms with E-state index in [-0.39, 0.29) is 16.7 Å². The van der Waals surface area contributed by atoms with Gasteiger partial charge in [-0.1, -0.05) is 0 Å². The number of thiocarbonyl (C=S) groups is 1. The second-order valence-corrected chi connectivity index (χ2v) is 6.45. The van der Waals surface area contributed by atoms with Crippen molar-refractivity contribution in [1.29, 1.82) is 0 Å². The van der Waals surface area contributed by atoms with Crippen molar-refractivity contribution in [2.75, 3.05) is 32.8 Å². The molecule has 4 rings (SSSR count). The Morgan fingerprint density at radius 3 is 2.55 bits per heavy atom. The van der Waals surface area contributed by atoms with Gasteiger partial charge in [0.1, 0.15) is 13.2 Å². The zero-order valence-corrected chi connectivity index (χ0v) is 16.5. The number of rotatable bonds is 4. The number of methoxy groups -OCH3 is 2. The van der Waals surface area contributed by atoms with Gasteiger partial charge in [0.05, 0.1) is 19.7 Å². The lowest BCUT2D eigenvalue weighted by Gasteiger charge is -2.18. The van der Waals surface area contributed by atoms with Gasteiger partial charge in [0, 0.05) is 23.2 Å². The van der Waals surface area contributed by atoms with E-state index in [0.717, 1.165) is 0 Å². The molecule has 1 aliphatic rings. The zero-order valence-electron chi connectivity index (χ0n) is 15.7. The topological polar surface area (TPSA) is 110 Å². The summed E-state index contributed by atoms with van der Waals surface area (Å²) in [4.78, 5) is 2.85. The molecule has 9 nitrogen and oxygen atoms in total. The predicted octanol–water partition coefficient (Wildman–Crippen LogP) is 4.14. The fraction of sp³-hybridized carbons (Fsp3) is 0.211. The van der Waals surface area contributed by atoms with E-state index < -0.39 is 0 Å². The normalized spacial score (nSPS) is 12.9. The van der Waals surface area contributed by atoms with Crippen molar-refractivity contribution >= 4 is 39.6 Å². The molecule has 0 spiro atoms. The number of aromatic nitrogens is 1. The van der Waals surface area contributed by atoms with Gasteiger partial charge in [0.25, 0.3) is 0 Å². The van der Waals surface area contributed by atoms with Crippen molar-refractivity contribution in [2.45, 2.75) is 0 Å². The Bertz CT molecular complexity index is 1110. The van der Waals surface area contributed by atoms with E-state index in [4.69, 9.17) is 31.2 Å². The van der Waals surface area contributed by atoms with E-state index in [9.17, 15) is 5.11 Å². The van der Waals surface area contributed by atoms with Gasteiger partial charge in [-0.05, 0) is 30.4 Å². The molecule has 0 saturated heterocycles. The molecule has 29 heavy (non-hydrogen) atoms. The molecule has 150 valence electrons. The summed E-state index contributed by atoms with van der Waals surface area (Å²) in [5.74, 6) is 2.23. The number of anilines is 1. The molecule has 0 radical (unpaired) electrons. The van der Waals surface area contributed by atoms with Crippen LogP contribution in [0.2, 0.25) is 0 Å². The van der Waals surface area contributed by atoms with Crippen LogP contribution in [0.4, 0.5) is 11.4 Å². The average molecular weight is 414 g/mol. The Labute approximate surface area is 171 Å². The van der Waals surface area contributed by atoms with Crippen LogP contribution in [0, 0.1) is 0 Å². The van der Waals surface area contributed by atoms with Gasteiger partial charge in [0.15, 0.2) is 28.7 Å². The number of aromatic amines is 1. The maximum absolute atomic E-state index is 10.2. The Kier molecular flexibility index (Phi) is 5.09. The van der Waals surface area contributed by atoms with Crippen LogP contribution in [0.1, 0.15) is 0 Å². The summed E-state index contributed by atoms with van der Waals surface area (Å²) in [5.41, 5.74) is 1.57. The van der Waals surface area contributed by atoms with Gasteiger partial charge in [-0.2, -0.15) is 0 Å². The Hall–Kier alpha value is -3.53. The fourth-order valence-corrected chi connectivity index (χ4v) is 3.12. The van der Waals surface area contributed by atoms with E-state index in [0.29, 0.717) is 52.8 Å². The van der Waals surface area contributed by atoms with Crippen LogP contribution >= 0.6 is 12.2 Å². The molecule has 1 aromatic heterocycles. The fourth-order valence-electron chi connectivity index (χ4n) is 2.96. The molecule has 0 saturated carbocycles. The maximum Gasteiger partial charge on any atom is 0.218 e. The molecule has 0 aliphatic carbocycles. The van der Waals surface area contributed by atoms with Gasteiger partial charge in [-0.3, -0.25) is 0 Å².